The molecule has 3 aliphatic heterocycles. The number of para-hydroxylation sites is 1. The quantitative estimate of drug-likeness (QED) is 0.609. The zero-order valence-corrected chi connectivity index (χ0v) is 15.2. The SMILES string of the molecule is [CH2-][NH+]1CCC2(CC1)C(=O)NCN2c1ccccc1.[CH2-][NH+]1CCCCC1. The number of carbonyl (C=O) groups excluding carboxylic acids is 1. The Balaban J connectivity index is 0.000000219. The van der Waals surface area contributed by atoms with Gasteiger partial charge in [0.05, 0.1) is 32.8 Å². The van der Waals surface area contributed by atoms with E-state index in [0.717, 1.165) is 31.6 Å². The van der Waals surface area contributed by atoms with Crippen LogP contribution in [0.1, 0.15) is 32.1 Å². The third-order valence-electron chi connectivity index (χ3n) is 5.75. The average molecular weight is 345 g/mol. The molecule has 0 bridgehead atoms. The Bertz CT molecular complexity index is 548. The molecule has 138 valence electrons. The first-order chi connectivity index (χ1) is 12.1. The second kappa shape index (κ2) is 8.19. The zero-order valence-electron chi connectivity index (χ0n) is 15.2. The predicted octanol–water partition coefficient (Wildman–Crippen LogP) is -0.364. The molecule has 5 heteroatoms. The van der Waals surface area contributed by atoms with Crippen molar-refractivity contribution in [3.63, 3.8) is 0 Å². The van der Waals surface area contributed by atoms with Crippen molar-refractivity contribution < 1.29 is 14.6 Å². The Labute approximate surface area is 152 Å². The molecule has 5 nitrogen and oxygen atoms in total. The van der Waals surface area contributed by atoms with Gasteiger partial charge in [0, 0.05) is 18.5 Å². The highest BCUT2D eigenvalue weighted by Crippen LogP contribution is 2.33. The smallest absolute Gasteiger partial charge is 0.247 e. The number of quaternary nitrogens is 2. The van der Waals surface area contributed by atoms with Gasteiger partial charge in [0.15, 0.2) is 0 Å². The second-order valence-electron chi connectivity index (χ2n) is 7.52. The van der Waals surface area contributed by atoms with Gasteiger partial charge < -0.3 is 20.0 Å². The third kappa shape index (κ3) is 4.15. The van der Waals surface area contributed by atoms with Crippen LogP contribution in [0.3, 0.4) is 0 Å². The van der Waals surface area contributed by atoms with Gasteiger partial charge in [0.1, 0.15) is 5.54 Å². The molecule has 0 aliphatic carbocycles. The summed E-state index contributed by atoms with van der Waals surface area (Å²) in [6, 6.07) is 10.2. The van der Waals surface area contributed by atoms with E-state index in [9.17, 15) is 4.79 Å². The topological polar surface area (TPSA) is 41.2 Å². The van der Waals surface area contributed by atoms with Crippen LogP contribution in [0.15, 0.2) is 30.3 Å². The van der Waals surface area contributed by atoms with E-state index in [1.54, 1.807) is 0 Å². The maximum atomic E-state index is 12.3. The summed E-state index contributed by atoms with van der Waals surface area (Å²) in [5.74, 6) is 0.179. The molecule has 3 N–H and O–H groups in total. The number of carbonyl (C=O) groups is 1. The van der Waals surface area contributed by atoms with Crippen LogP contribution in [0.5, 0.6) is 0 Å². The molecular weight excluding hydrogens is 312 g/mol. The highest BCUT2D eigenvalue weighted by Gasteiger charge is 2.50. The molecule has 3 fully saturated rings. The lowest BCUT2D eigenvalue weighted by atomic mass is 9.86. The number of nitrogens with zero attached hydrogens (tertiary/aromatic N) is 1. The first kappa shape index (κ1) is 18.2. The van der Waals surface area contributed by atoms with Crippen LogP contribution in [0, 0.1) is 14.1 Å². The lowest BCUT2D eigenvalue weighted by Gasteiger charge is -2.42. The van der Waals surface area contributed by atoms with Crippen molar-refractivity contribution in [1.29, 1.82) is 0 Å². The molecule has 3 saturated heterocycles. The minimum atomic E-state index is -0.345. The molecule has 3 aliphatic rings. The molecule has 0 atom stereocenters. The van der Waals surface area contributed by atoms with Crippen molar-refractivity contribution in [3.8, 4) is 0 Å². The lowest BCUT2D eigenvalue weighted by molar-refractivity contribution is -0.860. The van der Waals surface area contributed by atoms with Gasteiger partial charge in [-0.2, -0.15) is 14.1 Å². The van der Waals surface area contributed by atoms with Gasteiger partial charge in [0.2, 0.25) is 5.91 Å². The van der Waals surface area contributed by atoms with E-state index in [2.05, 4.69) is 36.4 Å². The fourth-order valence-electron chi connectivity index (χ4n) is 4.10. The van der Waals surface area contributed by atoms with Gasteiger partial charge in [-0.05, 0) is 31.4 Å². The molecule has 1 spiro atoms. The van der Waals surface area contributed by atoms with E-state index in [0.29, 0.717) is 6.67 Å². The van der Waals surface area contributed by atoms with E-state index >= 15 is 0 Å². The predicted molar refractivity (Wildman–Crippen MR) is 99.9 cm³/mol. The van der Waals surface area contributed by atoms with Crippen LogP contribution in [-0.4, -0.2) is 44.3 Å². The number of nitrogens with one attached hydrogen (secondary N) is 3. The van der Waals surface area contributed by atoms with Crippen molar-refractivity contribution in [3.05, 3.63) is 44.4 Å². The Morgan fingerprint density at radius 1 is 0.920 bits per heavy atom. The van der Waals surface area contributed by atoms with E-state index in [1.807, 2.05) is 18.2 Å². The highest BCUT2D eigenvalue weighted by atomic mass is 16.2. The monoisotopic (exact) mass is 344 g/mol. The molecule has 0 aromatic heterocycles. The normalized spacial score (nSPS) is 29.9. The van der Waals surface area contributed by atoms with Gasteiger partial charge in [-0.3, -0.25) is 4.79 Å². The van der Waals surface area contributed by atoms with Crippen LogP contribution in [0.25, 0.3) is 0 Å². The zero-order chi connectivity index (χ0) is 17.7. The molecule has 1 amide bonds. The summed E-state index contributed by atoms with van der Waals surface area (Å²) in [6.07, 6.45) is 5.97. The van der Waals surface area contributed by atoms with Gasteiger partial charge in [-0.25, -0.2) is 0 Å². The Morgan fingerprint density at radius 3 is 2.08 bits per heavy atom. The standard InChI is InChI=1S/C14H19N3O.C6H13N/c1-16-9-7-14(8-10-16)13(18)15-11-17(14)12-5-3-2-4-6-12;1-7-5-3-2-4-6-7/h2-6,16H,1,7-11H2,(H,15,18);7H,1-6H2. The van der Waals surface area contributed by atoms with Crippen LogP contribution in [0.4, 0.5) is 5.69 Å². The van der Waals surface area contributed by atoms with Crippen molar-refractivity contribution in [2.24, 2.45) is 0 Å². The molecular formula is C20H32N4O. The number of amides is 1. The second-order valence-corrected chi connectivity index (χ2v) is 7.52. The summed E-state index contributed by atoms with van der Waals surface area (Å²) in [5, 5.41) is 3.00. The summed E-state index contributed by atoms with van der Waals surface area (Å²) in [4.78, 5) is 17.2. The summed E-state index contributed by atoms with van der Waals surface area (Å²) in [7, 11) is 7.96. The lowest BCUT2D eigenvalue weighted by Crippen LogP contribution is -3.09. The molecule has 4 rings (SSSR count). The van der Waals surface area contributed by atoms with Gasteiger partial charge >= 0.3 is 0 Å². The fourth-order valence-corrected chi connectivity index (χ4v) is 4.10. The first-order valence-corrected chi connectivity index (χ1v) is 9.56. The fraction of sp³-hybridized carbons (Fsp3) is 0.550. The number of benzene rings is 1. The van der Waals surface area contributed by atoms with Gasteiger partial charge in [-0.15, -0.1) is 0 Å². The molecule has 1 aromatic rings. The number of hydrogen-bond donors (Lipinski definition) is 3. The first-order valence-electron chi connectivity index (χ1n) is 9.56. The minimum Gasteiger partial charge on any atom is -0.468 e. The van der Waals surface area contributed by atoms with Gasteiger partial charge in [0.25, 0.3) is 0 Å². The van der Waals surface area contributed by atoms with Crippen molar-refractivity contribution in [1.82, 2.24) is 5.32 Å². The maximum Gasteiger partial charge on any atom is 0.247 e. The van der Waals surface area contributed by atoms with E-state index < -0.39 is 0 Å². The van der Waals surface area contributed by atoms with Crippen LogP contribution >= 0.6 is 0 Å². The molecule has 1 aromatic carbocycles. The Morgan fingerprint density at radius 2 is 1.52 bits per heavy atom. The van der Waals surface area contributed by atoms with Crippen LogP contribution in [0.2, 0.25) is 0 Å². The van der Waals surface area contributed by atoms with Crippen molar-refractivity contribution in [2.45, 2.75) is 37.6 Å². The van der Waals surface area contributed by atoms with Gasteiger partial charge in [-0.1, -0.05) is 18.2 Å². The minimum absolute atomic E-state index is 0.179. The third-order valence-corrected chi connectivity index (χ3v) is 5.75. The van der Waals surface area contributed by atoms with Crippen molar-refractivity contribution >= 4 is 11.6 Å². The molecule has 0 unspecified atom stereocenters. The Kier molecular flexibility index (Phi) is 5.97. The van der Waals surface area contributed by atoms with Crippen LogP contribution in [-0.2, 0) is 4.79 Å². The molecule has 3 heterocycles. The van der Waals surface area contributed by atoms with E-state index in [-0.39, 0.29) is 11.4 Å². The summed E-state index contributed by atoms with van der Waals surface area (Å²) < 4.78 is 0. The van der Waals surface area contributed by atoms with Crippen molar-refractivity contribution in [2.75, 3.05) is 37.7 Å². The summed E-state index contributed by atoms with van der Waals surface area (Å²) in [5.41, 5.74) is 0.783. The molecule has 0 saturated carbocycles. The molecule has 25 heavy (non-hydrogen) atoms. The number of piperidine rings is 2. The molecule has 0 radical (unpaired) electrons. The van der Waals surface area contributed by atoms with E-state index in [1.165, 1.54) is 42.2 Å². The highest BCUT2D eigenvalue weighted by molar-refractivity contribution is 5.93. The largest absolute Gasteiger partial charge is 0.468 e. The summed E-state index contributed by atoms with van der Waals surface area (Å²) >= 11 is 0. The maximum absolute atomic E-state index is 12.3. The van der Waals surface area contributed by atoms with Crippen LogP contribution < -0.4 is 20.0 Å². The summed E-state index contributed by atoms with van der Waals surface area (Å²) in [6.45, 7) is 5.11. The number of hydrogen-bond acceptors (Lipinski definition) is 2. The number of rotatable bonds is 1. The number of anilines is 1. The average Bonchev–Trinajstić information content (AvgIpc) is 2.96. The van der Waals surface area contributed by atoms with E-state index in [4.69, 9.17) is 0 Å². The Hall–Kier alpha value is -1.59. The number of likely N-dealkylation sites (tertiary alicyclic amines) is 2.